The number of hydrogen-bond donors (Lipinski definition) is 0. The molecule has 0 spiro atoms. The van der Waals surface area contributed by atoms with Crippen molar-refractivity contribution in [2.24, 2.45) is 0 Å². The third-order valence-electron chi connectivity index (χ3n) is 5.08. The quantitative estimate of drug-likeness (QED) is 0.461. The minimum absolute atomic E-state index is 0.398. The van der Waals surface area contributed by atoms with Crippen LogP contribution in [0.15, 0.2) is 48.8 Å². The number of fused-ring (bicyclic) bond motifs is 5. The first kappa shape index (κ1) is 17.5. The van der Waals surface area contributed by atoms with Crippen LogP contribution in [0.1, 0.15) is 28.3 Å². The highest BCUT2D eigenvalue weighted by atomic mass is 35.5. The van der Waals surface area contributed by atoms with E-state index in [0.29, 0.717) is 29.3 Å². The number of halogens is 1. The van der Waals surface area contributed by atoms with Crippen molar-refractivity contribution >= 4 is 11.6 Å². The Morgan fingerprint density at radius 3 is 2.86 bits per heavy atom. The second-order valence-corrected chi connectivity index (χ2v) is 7.19. The van der Waals surface area contributed by atoms with Gasteiger partial charge in [-0.25, -0.2) is 9.67 Å². The minimum Gasteiger partial charge on any atom is -0.497 e. The van der Waals surface area contributed by atoms with E-state index in [1.807, 2.05) is 51.7 Å². The lowest BCUT2D eigenvalue weighted by molar-refractivity contribution is 0.414. The first-order valence-electron chi connectivity index (χ1n) is 9.01. The van der Waals surface area contributed by atoms with Crippen LogP contribution in [0.5, 0.6) is 5.75 Å². The van der Waals surface area contributed by atoms with E-state index in [0.717, 1.165) is 34.0 Å². The van der Waals surface area contributed by atoms with Crippen LogP contribution in [0.4, 0.5) is 0 Å². The molecule has 8 heteroatoms. The molecule has 2 aromatic carbocycles. The largest absolute Gasteiger partial charge is 0.497 e. The van der Waals surface area contributed by atoms with E-state index in [-0.39, 0.29) is 0 Å². The van der Waals surface area contributed by atoms with Gasteiger partial charge in [0.2, 0.25) is 0 Å². The summed E-state index contributed by atoms with van der Waals surface area (Å²) in [6.07, 6.45) is 2.75. The maximum absolute atomic E-state index is 9.54. The molecule has 142 valence electrons. The standard InChI is InChI=1S/C21H15ClN6O/c1-29-15-5-6-18-21(9-15)28-20(10-19-17(11-23)24-12-27(18)19)16(25-26-28)8-13-3-2-4-14(22)7-13/h2-7,9,12H,8,10H2,1H3. The highest BCUT2D eigenvalue weighted by molar-refractivity contribution is 6.30. The van der Waals surface area contributed by atoms with Gasteiger partial charge in [-0.15, -0.1) is 5.10 Å². The van der Waals surface area contributed by atoms with Crippen LogP contribution in [0.2, 0.25) is 5.02 Å². The lowest BCUT2D eigenvalue weighted by Gasteiger charge is -2.11. The van der Waals surface area contributed by atoms with Crippen molar-refractivity contribution in [2.75, 3.05) is 7.11 Å². The molecule has 0 aliphatic carbocycles. The molecule has 0 radical (unpaired) electrons. The van der Waals surface area contributed by atoms with Crippen molar-refractivity contribution < 1.29 is 4.74 Å². The summed E-state index contributed by atoms with van der Waals surface area (Å²) in [5.41, 5.74) is 5.69. The highest BCUT2D eigenvalue weighted by Gasteiger charge is 2.26. The number of ether oxygens (including phenoxy) is 1. The van der Waals surface area contributed by atoms with Gasteiger partial charge in [-0.2, -0.15) is 5.26 Å². The molecule has 0 bridgehead atoms. The number of aromatic nitrogens is 5. The van der Waals surface area contributed by atoms with Crippen LogP contribution in [-0.4, -0.2) is 31.7 Å². The summed E-state index contributed by atoms with van der Waals surface area (Å²) in [5.74, 6) is 0.714. The maximum atomic E-state index is 9.54. The minimum atomic E-state index is 0.398. The fourth-order valence-corrected chi connectivity index (χ4v) is 3.90. The molecule has 0 atom stereocenters. The van der Waals surface area contributed by atoms with Gasteiger partial charge < -0.3 is 4.74 Å². The summed E-state index contributed by atoms with van der Waals surface area (Å²) >= 11 is 6.14. The van der Waals surface area contributed by atoms with E-state index < -0.39 is 0 Å². The smallest absolute Gasteiger partial charge is 0.162 e. The van der Waals surface area contributed by atoms with E-state index >= 15 is 0 Å². The van der Waals surface area contributed by atoms with E-state index in [4.69, 9.17) is 16.3 Å². The van der Waals surface area contributed by atoms with Gasteiger partial charge in [-0.1, -0.05) is 28.9 Å². The van der Waals surface area contributed by atoms with Crippen molar-refractivity contribution in [2.45, 2.75) is 12.8 Å². The second kappa shape index (κ2) is 6.76. The lowest BCUT2D eigenvalue weighted by atomic mass is 10.1. The van der Waals surface area contributed by atoms with Gasteiger partial charge in [-0.05, 0) is 29.8 Å². The molecule has 0 saturated carbocycles. The summed E-state index contributed by atoms with van der Waals surface area (Å²) in [7, 11) is 1.63. The second-order valence-electron chi connectivity index (χ2n) is 6.75. The fraction of sp³-hybridized carbons (Fsp3) is 0.143. The Labute approximate surface area is 171 Å². The van der Waals surface area contributed by atoms with Gasteiger partial charge in [0.1, 0.15) is 18.1 Å². The molecule has 0 N–H and O–H groups in total. The Hall–Kier alpha value is -3.63. The fourth-order valence-electron chi connectivity index (χ4n) is 3.69. The van der Waals surface area contributed by atoms with Crippen LogP contribution >= 0.6 is 11.6 Å². The predicted octanol–water partition coefficient (Wildman–Crippen LogP) is 3.48. The van der Waals surface area contributed by atoms with E-state index in [1.54, 1.807) is 13.4 Å². The third-order valence-corrected chi connectivity index (χ3v) is 5.32. The third kappa shape index (κ3) is 2.85. The molecule has 29 heavy (non-hydrogen) atoms. The van der Waals surface area contributed by atoms with Gasteiger partial charge in [0.15, 0.2) is 5.69 Å². The van der Waals surface area contributed by atoms with Crippen LogP contribution < -0.4 is 4.74 Å². The molecule has 0 saturated heterocycles. The van der Waals surface area contributed by atoms with Gasteiger partial charge in [-0.3, -0.25) is 4.57 Å². The summed E-state index contributed by atoms with van der Waals surface area (Å²) in [4.78, 5) is 4.29. The van der Waals surface area contributed by atoms with E-state index in [1.165, 1.54) is 0 Å². The average molecular weight is 403 g/mol. The Morgan fingerprint density at radius 2 is 2.07 bits per heavy atom. The Bertz CT molecular complexity index is 1280. The van der Waals surface area contributed by atoms with Gasteiger partial charge in [0.25, 0.3) is 0 Å². The van der Waals surface area contributed by atoms with Crippen LogP contribution in [-0.2, 0) is 12.8 Å². The molecule has 4 aromatic rings. The Morgan fingerprint density at radius 1 is 1.17 bits per heavy atom. The molecule has 1 aliphatic rings. The normalized spacial score (nSPS) is 11.8. The van der Waals surface area contributed by atoms with E-state index in [9.17, 15) is 5.26 Å². The van der Waals surface area contributed by atoms with Crippen molar-refractivity contribution in [3.05, 3.63) is 82.2 Å². The number of imidazole rings is 1. The summed E-state index contributed by atoms with van der Waals surface area (Å²) < 4.78 is 9.17. The average Bonchev–Trinajstić information content (AvgIpc) is 3.29. The molecule has 5 rings (SSSR count). The maximum Gasteiger partial charge on any atom is 0.162 e. The van der Waals surface area contributed by atoms with Crippen molar-refractivity contribution in [3.63, 3.8) is 0 Å². The van der Waals surface area contributed by atoms with Gasteiger partial charge >= 0.3 is 0 Å². The lowest BCUT2D eigenvalue weighted by Crippen LogP contribution is -2.04. The number of rotatable bonds is 3. The monoisotopic (exact) mass is 402 g/mol. The first-order valence-corrected chi connectivity index (χ1v) is 9.38. The first-order chi connectivity index (χ1) is 14.2. The molecular weight excluding hydrogens is 388 g/mol. The molecule has 0 fully saturated rings. The molecule has 1 aliphatic heterocycles. The van der Waals surface area contributed by atoms with Crippen LogP contribution in [0.3, 0.4) is 0 Å². The van der Waals surface area contributed by atoms with Gasteiger partial charge in [0, 0.05) is 23.9 Å². The number of hydrogen-bond acceptors (Lipinski definition) is 5. The zero-order valence-electron chi connectivity index (χ0n) is 15.5. The molecular formula is C21H15ClN6O. The Kier molecular flexibility index (Phi) is 4.07. The zero-order valence-corrected chi connectivity index (χ0v) is 16.3. The summed E-state index contributed by atoms with van der Waals surface area (Å²) in [6, 6.07) is 15.6. The summed E-state index contributed by atoms with van der Waals surface area (Å²) in [5, 5.41) is 19.1. The molecule has 7 nitrogen and oxygen atoms in total. The van der Waals surface area contributed by atoms with Crippen LogP contribution in [0, 0.1) is 11.3 Å². The molecule has 0 unspecified atom stereocenters. The number of nitrogens with zero attached hydrogens (tertiary/aromatic N) is 6. The molecule has 3 heterocycles. The topological polar surface area (TPSA) is 81.6 Å². The van der Waals surface area contributed by atoms with Crippen molar-refractivity contribution in [1.29, 1.82) is 5.26 Å². The predicted molar refractivity (Wildman–Crippen MR) is 107 cm³/mol. The molecule has 0 amide bonds. The number of nitriles is 1. The molecule has 2 aromatic heterocycles. The highest BCUT2D eigenvalue weighted by Crippen LogP contribution is 2.32. The number of benzene rings is 2. The van der Waals surface area contributed by atoms with E-state index in [2.05, 4.69) is 21.4 Å². The summed E-state index contributed by atoms with van der Waals surface area (Å²) in [6.45, 7) is 0. The Balaban J connectivity index is 1.71. The van der Waals surface area contributed by atoms with Crippen molar-refractivity contribution in [3.8, 4) is 23.2 Å². The van der Waals surface area contributed by atoms with Crippen LogP contribution in [0.25, 0.3) is 11.4 Å². The number of methoxy groups -OCH3 is 1. The zero-order chi connectivity index (χ0) is 20.0. The van der Waals surface area contributed by atoms with Gasteiger partial charge in [0.05, 0.1) is 35.6 Å². The SMILES string of the molecule is COc1ccc2c(c1)-n1nnc(Cc3cccc(Cl)c3)c1Cc1c(C#N)ncn1-2. The van der Waals surface area contributed by atoms with Crippen molar-refractivity contribution in [1.82, 2.24) is 24.5 Å².